The molecule has 1 fully saturated rings. The van der Waals surface area contributed by atoms with Gasteiger partial charge >= 0.3 is 0 Å². The van der Waals surface area contributed by atoms with Gasteiger partial charge in [-0.25, -0.2) is 8.42 Å². The van der Waals surface area contributed by atoms with Gasteiger partial charge in [-0.3, -0.25) is 4.79 Å². The van der Waals surface area contributed by atoms with Crippen molar-refractivity contribution in [2.24, 2.45) is 0 Å². The highest BCUT2D eigenvalue weighted by Gasteiger charge is 2.34. The number of hydrogen-bond acceptors (Lipinski definition) is 6. The van der Waals surface area contributed by atoms with Crippen molar-refractivity contribution in [2.75, 3.05) is 18.8 Å². The van der Waals surface area contributed by atoms with Crippen LogP contribution in [0.3, 0.4) is 0 Å². The Kier molecular flexibility index (Phi) is 5.20. The quantitative estimate of drug-likeness (QED) is 0.808. The van der Waals surface area contributed by atoms with E-state index in [4.69, 9.17) is 4.52 Å². The van der Waals surface area contributed by atoms with E-state index in [0.717, 1.165) is 12.8 Å². The summed E-state index contributed by atoms with van der Waals surface area (Å²) in [7, 11) is -3.38. The molecule has 1 aromatic heterocycles. The van der Waals surface area contributed by atoms with Gasteiger partial charge < -0.3 is 9.42 Å². The van der Waals surface area contributed by atoms with Crippen LogP contribution >= 0.6 is 0 Å². The molecule has 2 rings (SSSR count). The first-order chi connectivity index (χ1) is 10.3. The molecule has 124 valence electrons. The Balaban J connectivity index is 2.07. The Hall–Kier alpha value is -1.44. The van der Waals surface area contributed by atoms with Gasteiger partial charge in [-0.05, 0) is 26.2 Å². The smallest absolute Gasteiger partial charge is 0.240 e. The number of carbonyl (C=O) groups excluding carboxylic acids is 1. The third-order valence-corrected chi connectivity index (χ3v) is 6.27. The number of piperidine rings is 1. The molecule has 1 aliphatic rings. The Morgan fingerprint density at radius 1 is 1.50 bits per heavy atom. The van der Waals surface area contributed by atoms with Gasteiger partial charge in [0.15, 0.2) is 15.7 Å². The second kappa shape index (κ2) is 6.76. The first-order valence-corrected chi connectivity index (χ1v) is 9.37. The van der Waals surface area contributed by atoms with Crippen LogP contribution in [0.2, 0.25) is 0 Å². The van der Waals surface area contributed by atoms with Gasteiger partial charge in [0.05, 0.1) is 5.75 Å². The number of aryl methyl sites for hydroxylation is 1. The van der Waals surface area contributed by atoms with E-state index in [9.17, 15) is 13.2 Å². The average Bonchev–Trinajstić information content (AvgIpc) is 2.92. The zero-order valence-corrected chi connectivity index (χ0v) is 14.1. The van der Waals surface area contributed by atoms with E-state index >= 15 is 0 Å². The minimum atomic E-state index is -3.38. The van der Waals surface area contributed by atoms with Gasteiger partial charge in [0.1, 0.15) is 5.25 Å². The third kappa shape index (κ3) is 3.66. The molecule has 0 N–H and O–H groups in total. The molecule has 0 radical (unpaired) electrons. The number of sulfone groups is 1. The summed E-state index contributed by atoms with van der Waals surface area (Å²) in [5.41, 5.74) is 0. The number of amides is 1. The highest BCUT2D eigenvalue weighted by Crippen LogP contribution is 2.25. The average molecular weight is 329 g/mol. The van der Waals surface area contributed by atoms with Crippen molar-refractivity contribution in [1.29, 1.82) is 0 Å². The van der Waals surface area contributed by atoms with Gasteiger partial charge in [-0.1, -0.05) is 12.1 Å². The van der Waals surface area contributed by atoms with Crippen LogP contribution in [0.1, 0.15) is 50.7 Å². The molecule has 2 atom stereocenters. The monoisotopic (exact) mass is 329 g/mol. The van der Waals surface area contributed by atoms with Crippen LogP contribution < -0.4 is 0 Å². The van der Waals surface area contributed by atoms with Gasteiger partial charge in [-0.15, -0.1) is 0 Å². The second-order valence-electron chi connectivity index (χ2n) is 5.80. The lowest BCUT2D eigenvalue weighted by molar-refractivity contribution is -0.131. The molecule has 8 heteroatoms. The summed E-state index contributed by atoms with van der Waals surface area (Å²) in [4.78, 5) is 18.3. The summed E-state index contributed by atoms with van der Waals surface area (Å²) in [5.74, 6) is 0.826. The molecule has 22 heavy (non-hydrogen) atoms. The van der Waals surface area contributed by atoms with E-state index in [1.807, 2.05) is 0 Å². The van der Waals surface area contributed by atoms with Crippen LogP contribution in [0.5, 0.6) is 0 Å². The zero-order chi connectivity index (χ0) is 16.3. The standard InChI is InChI=1S/C14H23N3O4S/c1-4-8-22(19,20)10(2)14(18)17-7-5-6-12(9-17)13-15-11(3)21-16-13/h10,12H,4-9H2,1-3H3. The van der Waals surface area contributed by atoms with Gasteiger partial charge in [0, 0.05) is 25.9 Å². The van der Waals surface area contributed by atoms with Crippen LogP contribution in [0, 0.1) is 6.92 Å². The fourth-order valence-corrected chi connectivity index (χ4v) is 4.12. The van der Waals surface area contributed by atoms with Crippen molar-refractivity contribution in [3.05, 3.63) is 11.7 Å². The van der Waals surface area contributed by atoms with Crippen LogP contribution in [-0.2, 0) is 14.6 Å². The normalized spacial score (nSPS) is 20.9. The Bertz CT molecular complexity index is 626. The summed E-state index contributed by atoms with van der Waals surface area (Å²) in [6.07, 6.45) is 2.20. The predicted molar refractivity (Wildman–Crippen MR) is 81.1 cm³/mol. The molecular formula is C14H23N3O4S. The first-order valence-electron chi connectivity index (χ1n) is 7.65. The molecule has 1 aromatic rings. The van der Waals surface area contributed by atoms with Gasteiger partial charge in [0.25, 0.3) is 0 Å². The summed E-state index contributed by atoms with van der Waals surface area (Å²) < 4.78 is 29.2. The SMILES string of the molecule is CCCS(=O)(=O)C(C)C(=O)N1CCCC(c2noc(C)n2)C1. The van der Waals surface area contributed by atoms with Crippen LogP contribution in [0.4, 0.5) is 0 Å². The molecule has 7 nitrogen and oxygen atoms in total. The molecular weight excluding hydrogens is 306 g/mol. The van der Waals surface area contributed by atoms with E-state index < -0.39 is 15.1 Å². The maximum Gasteiger partial charge on any atom is 0.240 e. The number of carbonyl (C=O) groups is 1. The lowest BCUT2D eigenvalue weighted by Crippen LogP contribution is -2.46. The molecule has 1 aliphatic heterocycles. The highest BCUT2D eigenvalue weighted by atomic mass is 32.2. The molecule has 0 aliphatic carbocycles. The minimum absolute atomic E-state index is 0.0104. The van der Waals surface area contributed by atoms with E-state index in [2.05, 4.69) is 10.1 Å². The summed E-state index contributed by atoms with van der Waals surface area (Å²) in [6, 6.07) is 0. The molecule has 0 bridgehead atoms. The molecule has 2 unspecified atom stereocenters. The summed E-state index contributed by atoms with van der Waals surface area (Å²) >= 11 is 0. The maximum atomic E-state index is 12.5. The molecule has 0 aromatic carbocycles. The fourth-order valence-electron chi connectivity index (χ4n) is 2.74. The minimum Gasteiger partial charge on any atom is -0.341 e. The van der Waals surface area contributed by atoms with E-state index in [0.29, 0.717) is 31.2 Å². The molecule has 0 spiro atoms. The number of aromatic nitrogens is 2. The van der Waals surface area contributed by atoms with Crippen molar-refractivity contribution in [3.8, 4) is 0 Å². The van der Waals surface area contributed by atoms with Crippen molar-refractivity contribution in [2.45, 2.75) is 51.2 Å². The Morgan fingerprint density at radius 2 is 2.23 bits per heavy atom. The Morgan fingerprint density at radius 3 is 2.82 bits per heavy atom. The Labute approximate surface area is 131 Å². The van der Waals surface area contributed by atoms with Crippen molar-refractivity contribution < 1.29 is 17.7 Å². The van der Waals surface area contributed by atoms with Crippen molar-refractivity contribution in [1.82, 2.24) is 15.0 Å². The highest BCUT2D eigenvalue weighted by molar-refractivity contribution is 7.92. The summed E-state index contributed by atoms with van der Waals surface area (Å²) in [6.45, 7) is 6.03. The number of nitrogens with zero attached hydrogens (tertiary/aromatic N) is 3. The first kappa shape index (κ1) is 16.9. The van der Waals surface area contributed by atoms with Gasteiger partial charge in [0.2, 0.25) is 11.8 Å². The van der Waals surface area contributed by atoms with Crippen LogP contribution in [0.25, 0.3) is 0 Å². The topological polar surface area (TPSA) is 93.4 Å². The predicted octanol–water partition coefficient (Wildman–Crippen LogP) is 1.30. The van der Waals surface area contributed by atoms with E-state index in [-0.39, 0.29) is 17.6 Å². The molecule has 1 saturated heterocycles. The lowest BCUT2D eigenvalue weighted by atomic mass is 9.97. The molecule has 1 amide bonds. The largest absolute Gasteiger partial charge is 0.341 e. The number of rotatable bonds is 5. The van der Waals surface area contributed by atoms with Gasteiger partial charge in [-0.2, -0.15) is 4.98 Å². The molecule has 2 heterocycles. The number of likely N-dealkylation sites (tertiary alicyclic amines) is 1. The summed E-state index contributed by atoms with van der Waals surface area (Å²) in [5, 5.41) is 2.93. The zero-order valence-electron chi connectivity index (χ0n) is 13.3. The van der Waals surface area contributed by atoms with Crippen LogP contribution in [0.15, 0.2) is 4.52 Å². The third-order valence-electron chi connectivity index (χ3n) is 4.02. The second-order valence-corrected chi connectivity index (χ2v) is 8.25. The van der Waals surface area contributed by atoms with Crippen molar-refractivity contribution >= 4 is 15.7 Å². The molecule has 0 saturated carbocycles. The van der Waals surface area contributed by atoms with Crippen LogP contribution in [-0.4, -0.2) is 53.5 Å². The number of hydrogen-bond donors (Lipinski definition) is 0. The fraction of sp³-hybridized carbons (Fsp3) is 0.786. The van der Waals surface area contributed by atoms with E-state index in [1.165, 1.54) is 6.92 Å². The van der Waals surface area contributed by atoms with Crippen molar-refractivity contribution in [3.63, 3.8) is 0 Å². The lowest BCUT2D eigenvalue weighted by Gasteiger charge is -2.32. The maximum absolute atomic E-state index is 12.5. The van der Waals surface area contributed by atoms with E-state index in [1.54, 1.807) is 18.7 Å².